The van der Waals surface area contributed by atoms with E-state index in [1.54, 1.807) is 0 Å². The molecule has 1 rings (SSSR count). The van der Waals surface area contributed by atoms with Crippen LogP contribution in [0.4, 0.5) is 0 Å². The SMILES string of the molecule is C=CC(C)N1CC(CN)CC1C. The van der Waals surface area contributed by atoms with Gasteiger partial charge in [0, 0.05) is 18.6 Å². The molecule has 0 aromatic carbocycles. The molecule has 3 atom stereocenters. The van der Waals surface area contributed by atoms with Crippen LogP contribution in [0.15, 0.2) is 12.7 Å². The van der Waals surface area contributed by atoms with Crippen LogP contribution >= 0.6 is 0 Å². The first kappa shape index (κ1) is 9.75. The Labute approximate surface area is 75.4 Å². The van der Waals surface area contributed by atoms with E-state index < -0.39 is 0 Å². The maximum Gasteiger partial charge on any atom is 0.0250 e. The normalized spacial score (nSPS) is 33.6. The fourth-order valence-electron chi connectivity index (χ4n) is 2.04. The van der Waals surface area contributed by atoms with Gasteiger partial charge in [0.25, 0.3) is 0 Å². The van der Waals surface area contributed by atoms with Crippen molar-refractivity contribution in [2.75, 3.05) is 13.1 Å². The summed E-state index contributed by atoms with van der Waals surface area (Å²) in [6.07, 6.45) is 3.25. The van der Waals surface area contributed by atoms with Crippen LogP contribution < -0.4 is 5.73 Å². The number of hydrogen-bond donors (Lipinski definition) is 1. The van der Waals surface area contributed by atoms with E-state index >= 15 is 0 Å². The van der Waals surface area contributed by atoms with Gasteiger partial charge in [-0.25, -0.2) is 0 Å². The fourth-order valence-corrected chi connectivity index (χ4v) is 2.04. The van der Waals surface area contributed by atoms with Gasteiger partial charge in [0.15, 0.2) is 0 Å². The monoisotopic (exact) mass is 168 g/mol. The Bertz CT molecular complexity index is 156. The molecule has 2 N–H and O–H groups in total. The fraction of sp³-hybridized carbons (Fsp3) is 0.800. The predicted octanol–water partition coefficient (Wildman–Crippen LogP) is 1.23. The molecule has 2 nitrogen and oxygen atoms in total. The number of nitrogens with zero attached hydrogens (tertiary/aromatic N) is 1. The van der Waals surface area contributed by atoms with Crippen molar-refractivity contribution in [2.24, 2.45) is 11.7 Å². The van der Waals surface area contributed by atoms with Crippen molar-refractivity contribution in [3.05, 3.63) is 12.7 Å². The second-order valence-electron chi connectivity index (χ2n) is 3.86. The van der Waals surface area contributed by atoms with E-state index in [0.717, 1.165) is 13.1 Å². The summed E-state index contributed by atoms with van der Waals surface area (Å²) in [7, 11) is 0. The van der Waals surface area contributed by atoms with Crippen molar-refractivity contribution in [1.29, 1.82) is 0 Å². The first-order valence-corrected chi connectivity index (χ1v) is 4.77. The topological polar surface area (TPSA) is 29.3 Å². The minimum Gasteiger partial charge on any atom is -0.330 e. The van der Waals surface area contributed by atoms with Gasteiger partial charge in [-0.1, -0.05) is 6.08 Å². The van der Waals surface area contributed by atoms with Crippen LogP contribution in [0.1, 0.15) is 20.3 Å². The summed E-state index contributed by atoms with van der Waals surface area (Å²) in [5.74, 6) is 0.697. The van der Waals surface area contributed by atoms with E-state index in [4.69, 9.17) is 5.73 Å². The van der Waals surface area contributed by atoms with Crippen molar-refractivity contribution in [3.63, 3.8) is 0 Å². The van der Waals surface area contributed by atoms with E-state index in [1.807, 2.05) is 6.08 Å². The largest absolute Gasteiger partial charge is 0.330 e. The molecule has 0 spiro atoms. The summed E-state index contributed by atoms with van der Waals surface area (Å²) in [5, 5.41) is 0. The van der Waals surface area contributed by atoms with Gasteiger partial charge in [0.05, 0.1) is 0 Å². The number of rotatable bonds is 3. The molecule has 1 heterocycles. The molecule has 0 aromatic rings. The van der Waals surface area contributed by atoms with Gasteiger partial charge < -0.3 is 5.73 Å². The zero-order chi connectivity index (χ0) is 9.14. The molecule has 1 aliphatic heterocycles. The number of likely N-dealkylation sites (tertiary alicyclic amines) is 1. The quantitative estimate of drug-likeness (QED) is 0.642. The Morgan fingerprint density at radius 3 is 2.83 bits per heavy atom. The van der Waals surface area contributed by atoms with E-state index in [2.05, 4.69) is 25.3 Å². The molecule has 0 aromatic heterocycles. The first-order valence-electron chi connectivity index (χ1n) is 4.77. The van der Waals surface area contributed by atoms with E-state index in [0.29, 0.717) is 18.0 Å². The van der Waals surface area contributed by atoms with Crippen LogP contribution in [-0.4, -0.2) is 30.1 Å². The second kappa shape index (κ2) is 4.06. The summed E-state index contributed by atoms with van der Waals surface area (Å²) in [6.45, 7) is 10.3. The lowest BCUT2D eigenvalue weighted by Gasteiger charge is -2.25. The number of nitrogens with two attached hydrogens (primary N) is 1. The lowest BCUT2D eigenvalue weighted by Crippen LogP contribution is -2.34. The highest BCUT2D eigenvalue weighted by atomic mass is 15.2. The molecule has 0 amide bonds. The Kier molecular flexibility index (Phi) is 3.29. The molecule has 0 aliphatic carbocycles. The highest BCUT2D eigenvalue weighted by Crippen LogP contribution is 2.24. The van der Waals surface area contributed by atoms with Gasteiger partial charge >= 0.3 is 0 Å². The van der Waals surface area contributed by atoms with Gasteiger partial charge in [0.2, 0.25) is 0 Å². The molecule has 0 bridgehead atoms. The minimum absolute atomic E-state index is 0.497. The lowest BCUT2D eigenvalue weighted by atomic mass is 10.1. The maximum atomic E-state index is 5.65. The predicted molar refractivity (Wildman–Crippen MR) is 53.0 cm³/mol. The zero-order valence-electron chi connectivity index (χ0n) is 8.16. The molecule has 1 aliphatic rings. The molecule has 0 saturated carbocycles. The maximum absolute atomic E-state index is 5.65. The van der Waals surface area contributed by atoms with Gasteiger partial charge in [-0.3, -0.25) is 4.90 Å². The molecule has 12 heavy (non-hydrogen) atoms. The van der Waals surface area contributed by atoms with Gasteiger partial charge in [-0.05, 0) is 32.7 Å². The van der Waals surface area contributed by atoms with Crippen molar-refractivity contribution < 1.29 is 0 Å². The van der Waals surface area contributed by atoms with E-state index in [9.17, 15) is 0 Å². The molecular formula is C10H20N2. The molecular weight excluding hydrogens is 148 g/mol. The molecule has 1 saturated heterocycles. The van der Waals surface area contributed by atoms with Crippen molar-refractivity contribution >= 4 is 0 Å². The van der Waals surface area contributed by atoms with Crippen LogP contribution in [-0.2, 0) is 0 Å². The molecule has 70 valence electrons. The van der Waals surface area contributed by atoms with Crippen molar-refractivity contribution in [1.82, 2.24) is 4.90 Å². The second-order valence-corrected chi connectivity index (χ2v) is 3.86. The van der Waals surface area contributed by atoms with Gasteiger partial charge in [-0.2, -0.15) is 0 Å². The number of hydrogen-bond acceptors (Lipinski definition) is 2. The van der Waals surface area contributed by atoms with Crippen LogP contribution in [0.5, 0.6) is 0 Å². The average Bonchev–Trinajstić information content (AvgIpc) is 2.45. The van der Waals surface area contributed by atoms with Crippen molar-refractivity contribution in [2.45, 2.75) is 32.4 Å². The van der Waals surface area contributed by atoms with Crippen LogP contribution in [0.3, 0.4) is 0 Å². The van der Waals surface area contributed by atoms with Gasteiger partial charge in [0.1, 0.15) is 0 Å². The highest BCUT2D eigenvalue weighted by Gasteiger charge is 2.29. The van der Waals surface area contributed by atoms with E-state index in [-0.39, 0.29) is 0 Å². The summed E-state index contributed by atoms with van der Waals surface area (Å²) in [5.41, 5.74) is 5.65. The van der Waals surface area contributed by atoms with Crippen LogP contribution in [0, 0.1) is 5.92 Å². The third-order valence-electron chi connectivity index (χ3n) is 2.91. The summed E-state index contributed by atoms with van der Waals surface area (Å²) < 4.78 is 0. The molecule has 0 radical (unpaired) electrons. The third kappa shape index (κ3) is 1.87. The van der Waals surface area contributed by atoms with Crippen molar-refractivity contribution in [3.8, 4) is 0 Å². The molecule has 1 fully saturated rings. The standard InChI is InChI=1S/C10H20N2/c1-4-8(2)12-7-10(6-11)5-9(12)3/h4,8-10H,1,5-7,11H2,2-3H3. The first-order chi connectivity index (χ1) is 5.69. The molecule has 3 unspecified atom stereocenters. The van der Waals surface area contributed by atoms with Crippen LogP contribution in [0.25, 0.3) is 0 Å². The van der Waals surface area contributed by atoms with Gasteiger partial charge in [-0.15, -0.1) is 6.58 Å². The minimum atomic E-state index is 0.497. The Morgan fingerprint density at radius 1 is 1.75 bits per heavy atom. The summed E-state index contributed by atoms with van der Waals surface area (Å²) in [6, 6.07) is 1.17. The average molecular weight is 168 g/mol. The van der Waals surface area contributed by atoms with E-state index in [1.165, 1.54) is 6.42 Å². The highest BCUT2D eigenvalue weighted by molar-refractivity contribution is 4.92. The zero-order valence-corrected chi connectivity index (χ0v) is 8.16. The Hall–Kier alpha value is -0.340. The smallest absolute Gasteiger partial charge is 0.0250 e. The lowest BCUT2D eigenvalue weighted by molar-refractivity contribution is 0.232. The molecule has 2 heteroatoms. The Balaban J connectivity index is 2.50. The third-order valence-corrected chi connectivity index (χ3v) is 2.91. The summed E-state index contributed by atoms with van der Waals surface area (Å²) in [4.78, 5) is 2.48. The summed E-state index contributed by atoms with van der Waals surface area (Å²) >= 11 is 0. The Morgan fingerprint density at radius 2 is 2.42 bits per heavy atom. The van der Waals surface area contributed by atoms with Crippen LogP contribution in [0.2, 0.25) is 0 Å².